The van der Waals surface area contributed by atoms with Gasteiger partial charge in [-0.3, -0.25) is 4.31 Å². The number of rotatable bonds is 4. The van der Waals surface area contributed by atoms with Gasteiger partial charge in [-0.05, 0) is 42.3 Å². The maximum absolute atomic E-state index is 12.9. The Labute approximate surface area is 159 Å². The zero-order valence-corrected chi connectivity index (χ0v) is 16.2. The molecule has 1 saturated heterocycles. The molecule has 4 rings (SSSR count). The Balaban J connectivity index is 1.67. The van der Waals surface area contributed by atoms with E-state index in [0.717, 1.165) is 5.56 Å². The molecule has 0 aliphatic carbocycles. The Morgan fingerprint density at radius 3 is 2.19 bits per heavy atom. The van der Waals surface area contributed by atoms with Crippen LogP contribution in [0.1, 0.15) is 5.56 Å². The molecule has 27 heavy (non-hydrogen) atoms. The number of fused-ring (bicyclic) bond motifs is 1. The molecule has 0 spiro atoms. The lowest BCUT2D eigenvalue weighted by Crippen LogP contribution is -2.40. The molecule has 0 unspecified atom stereocenters. The summed E-state index contributed by atoms with van der Waals surface area (Å²) in [7, 11) is -7.27. The molecule has 2 aliphatic heterocycles. The lowest BCUT2D eigenvalue weighted by molar-refractivity contribution is 0.0730. The van der Waals surface area contributed by atoms with E-state index in [1.807, 2.05) is 0 Å². The molecule has 144 valence electrons. The van der Waals surface area contributed by atoms with E-state index < -0.39 is 20.0 Å². The SMILES string of the molecule is O=S(=O)(c1ccc2c(c1)CCN2S(=O)(=O)c1ccccc1)N1CCOCC1. The first-order valence-corrected chi connectivity index (χ1v) is 11.6. The van der Waals surface area contributed by atoms with Crippen LogP contribution in [0, 0.1) is 0 Å². The van der Waals surface area contributed by atoms with Crippen LogP contribution in [0.15, 0.2) is 58.3 Å². The van der Waals surface area contributed by atoms with E-state index in [0.29, 0.717) is 45.0 Å². The quantitative estimate of drug-likeness (QED) is 0.765. The summed E-state index contributed by atoms with van der Waals surface area (Å²) in [6.07, 6.45) is 0.480. The summed E-state index contributed by atoms with van der Waals surface area (Å²) in [5, 5.41) is 0. The van der Waals surface area contributed by atoms with Crippen LogP contribution in [0.4, 0.5) is 5.69 Å². The molecular formula is C18H20N2O5S2. The van der Waals surface area contributed by atoms with Crippen molar-refractivity contribution in [3.63, 3.8) is 0 Å². The van der Waals surface area contributed by atoms with E-state index in [-0.39, 0.29) is 9.79 Å². The van der Waals surface area contributed by atoms with E-state index >= 15 is 0 Å². The molecule has 0 atom stereocenters. The second-order valence-electron chi connectivity index (χ2n) is 6.45. The molecule has 7 nitrogen and oxygen atoms in total. The molecule has 2 heterocycles. The van der Waals surface area contributed by atoms with Crippen molar-refractivity contribution in [2.45, 2.75) is 16.2 Å². The van der Waals surface area contributed by atoms with Crippen molar-refractivity contribution in [3.8, 4) is 0 Å². The third kappa shape index (κ3) is 3.25. The van der Waals surface area contributed by atoms with Gasteiger partial charge in [-0.25, -0.2) is 16.8 Å². The van der Waals surface area contributed by atoms with Crippen LogP contribution in [-0.2, 0) is 31.2 Å². The highest BCUT2D eigenvalue weighted by Crippen LogP contribution is 2.35. The number of anilines is 1. The van der Waals surface area contributed by atoms with Gasteiger partial charge in [0.15, 0.2) is 0 Å². The molecule has 0 bridgehead atoms. The highest BCUT2D eigenvalue weighted by atomic mass is 32.2. The van der Waals surface area contributed by atoms with Crippen LogP contribution in [0.3, 0.4) is 0 Å². The topological polar surface area (TPSA) is 84.0 Å². The van der Waals surface area contributed by atoms with Crippen LogP contribution < -0.4 is 4.31 Å². The molecule has 2 aliphatic rings. The fourth-order valence-corrected chi connectivity index (χ4v) is 6.40. The van der Waals surface area contributed by atoms with Gasteiger partial charge in [0.1, 0.15) is 0 Å². The average Bonchev–Trinajstić information content (AvgIpc) is 3.13. The predicted octanol–water partition coefficient (Wildman–Crippen LogP) is 1.46. The normalized spacial score (nSPS) is 18.4. The monoisotopic (exact) mass is 408 g/mol. The van der Waals surface area contributed by atoms with Crippen molar-refractivity contribution in [1.82, 2.24) is 4.31 Å². The number of benzene rings is 2. The summed E-state index contributed by atoms with van der Waals surface area (Å²) in [6, 6.07) is 12.9. The van der Waals surface area contributed by atoms with E-state index in [4.69, 9.17) is 4.74 Å². The van der Waals surface area contributed by atoms with E-state index in [2.05, 4.69) is 0 Å². The summed E-state index contributed by atoms with van der Waals surface area (Å²) in [6.45, 7) is 1.72. The summed E-state index contributed by atoms with van der Waals surface area (Å²) in [4.78, 5) is 0.421. The Morgan fingerprint density at radius 1 is 0.778 bits per heavy atom. The van der Waals surface area contributed by atoms with Gasteiger partial charge in [-0.1, -0.05) is 18.2 Å². The smallest absolute Gasteiger partial charge is 0.264 e. The van der Waals surface area contributed by atoms with Crippen LogP contribution in [0.25, 0.3) is 0 Å². The van der Waals surface area contributed by atoms with Gasteiger partial charge in [-0.15, -0.1) is 0 Å². The number of hydrogen-bond acceptors (Lipinski definition) is 5. The van der Waals surface area contributed by atoms with Gasteiger partial charge in [0, 0.05) is 19.6 Å². The van der Waals surface area contributed by atoms with Gasteiger partial charge in [0.2, 0.25) is 10.0 Å². The third-order valence-electron chi connectivity index (χ3n) is 4.84. The van der Waals surface area contributed by atoms with Crippen molar-refractivity contribution < 1.29 is 21.6 Å². The number of hydrogen-bond donors (Lipinski definition) is 0. The standard InChI is InChI=1S/C18H20N2O5S2/c21-26(22,19-10-12-25-13-11-19)17-6-7-18-15(14-17)8-9-20(18)27(23,24)16-4-2-1-3-5-16/h1-7,14H,8-13H2. The molecule has 1 fully saturated rings. The minimum absolute atomic E-state index is 0.196. The Morgan fingerprint density at radius 2 is 1.48 bits per heavy atom. The molecule has 0 aromatic heterocycles. The highest BCUT2D eigenvalue weighted by Gasteiger charge is 2.33. The minimum Gasteiger partial charge on any atom is -0.379 e. The Hall–Kier alpha value is -1.94. The first-order chi connectivity index (χ1) is 12.9. The Bertz CT molecular complexity index is 1050. The minimum atomic E-state index is -3.66. The molecule has 0 amide bonds. The number of morpholine rings is 1. The second-order valence-corrected chi connectivity index (χ2v) is 10.2. The van der Waals surface area contributed by atoms with Crippen LogP contribution in [0.2, 0.25) is 0 Å². The molecule has 0 saturated carbocycles. The first-order valence-electron chi connectivity index (χ1n) is 8.69. The van der Waals surface area contributed by atoms with E-state index in [1.54, 1.807) is 42.5 Å². The van der Waals surface area contributed by atoms with Crippen molar-refractivity contribution in [2.75, 3.05) is 37.2 Å². The average molecular weight is 409 g/mol. The maximum Gasteiger partial charge on any atom is 0.264 e. The third-order valence-corrected chi connectivity index (χ3v) is 8.56. The van der Waals surface area contributed by atoms with Crippen LogP contribution in [-0.4, -0.2) is 54.0 Å². The number of nitrogens with zero attached hydrogens (tertiary/aromatic N) is 2. The summed E-state index contributed by atoms with van der Waals surface area (Å²) in [5.41, 5.74) is 1.27. The fraction of sp³-hybridized carbons (Fsp3) is 0.333. The molecule has 9 heteroatoms. The molecule has 0 radical (unpaired) electrons. The largest absolute Gasteiger partial charge is 0.379 e. The van der Waals surface area contributed by atoms with E-state index in [9.17, 15) is 16.8 Å². The van der Waals surface area contributed by atoms with Crippen molar-refractivity contribution in [3.05, 3.63) is 54.1 Å². The van der Waals surface area contributed by atoms with Gasteiger partial charge in [0.05, 0.1) is 28.7 Å². The van der Waals surface area contributed by atoms with Crippen molar-refractivity contribution >= 4 is 25.7 Å². The van der Waals surface area contributed by atoms with Gasteiger partial charge in [0.25, 0.3) is 10.0 Å². The second kappa shape index (κ2) is 6.90. The fourth-order valence-electron chi connectivity index (χ4n) is 3.41. The molecule has 2 aromatic rings. The Kier molecular flexibility index (Phi) is 4.71. The lowest BCUT2D eigenvalue weighted by atomic mass is 10.2. The van der Waals surface area contributed by atoms with Gasteiger partial charge >= 0.3 is 0 Å². The lowest BCUT2D eigenvalue weighted by Gasteiger charge is -2.26. The number of ether oxygens (including phenoxy) is 1. The predicted molar refractivity (Wildman–Crippen MR) is 101 cm³/mol. The summed E-state index contributed by atoms with van der Waals surface area (Å²) >= 11 is 0. The van der Waals surface area contributed by atoms with Gasteiger partial charge < -0.3 is 4.74 Å². The van der Waals surface area contributed by atoms with Crippen LogP contribution in [0.5, 0.6) is 0 Å². The maximum atomic E-state index is 12.9. The van der Waals surface area contributed by atoms with Crippen molar-refractivity contribution in [2.24, 2.45) is 0 Å². The van der Waals surface area contributed by atoms with Crippen molar-refractivity contribution in [1.29, 1.82) is 0 Å². The summed E-state index contributed by atoms with van der Waals surface area (Å²) < 4.78 is 59.5. The highest BCUT2D eigenvalue weighted by molar-refractivity contribution is 7.92. The number of sulfonamides is 2. The zero-order valence-electron chi connectivity index (χ0n) is 14.6. The molecular weight excluding hydrogens is 388 g/mol. The van der Waals surface area contributed by atoms with Gasteiger partial charge in [-0.2, -0.15) is 4.31 Å². The zero-order chi connectivity index (χ0) is 19.1. The summed E-state index contributed by atoms with van der Waals surface area (Å²) in [5.74, 6) is 0. The first kappa shape index (κ1) is 18.4. The van der Waals surface area contributed by atoms with E-state index in [1.165, 1.54) is 14.7 Å². The molecule has 2 aromatic carbocycles. The molecule has 0 N–H and O–H groups in total. The van der Waals surface area contributed by atoms with Crippen LogP contribution >= 0.6 is 0 Å².